The zero-order chi connectivity index (χ0) is 21.0. The van der Waals surface area contributed by atoms with Crippen LogP contribution in [0.3, 0.4) is 0 Å². The molecule has 0 saturated carbocycles. The average Bonchev–Trinajstić information content (AvgIpc) is 3.34. The number of aryl methyl sites for hydroxylation is 1. The molecule has 2 aromatic heterocycles. The Morgan fingerprint density at radius 3 is 2.60 bits per heavy atom. The lowest BCUT2D eigenvalue weighted by molar-refractivity contribution is 0.440. The fourth-order valence-electron chi connectivity index (χ4n) is 3.89. The first-order valence-corrected chi connectivity index (χ1v) is 10.9. The molecule has 150 valence electrons. The van der Waals surface area contributed by atoms with Crippen molar-refractivity contribution >= 4 is 32.5 Å². The first-order valence-electron chi connectivity index (χ1n) is 9.99. The summed E-state index contributed by atoms with van der Waals surface area (Å²) in [7, 11) is 0. The molecule has 0 saturated heterocycles. The lowest BCUT2D eigenvalue weighted by Gasteiger charge is -2.22. The van der Waals surface area contributed by atoms with Crippen molar-refractivity contribution in [3.63, 3.8) is 0 Å². The molecular weight excluding hydrogens is 390 g/mol. The van der Waals surface area contributed by atoms with E-state index in [1.165, 1.54) is 10.1 Å². The molecule has 0 aliphatic heterocycles. The summed E-state index contributed by atoms with van der Waals surface area (Å²) >= 11 is 1.74. The molecule has 0 spiro atoms. The van der Waals surface area contributed by atoms with Crippen molar-refractivity contribution in [2.75, 3.05) is 0 Å². The lowest BCUT2D eigenvalue weighted by atomic mass is 9.85. The third-order valence-electron chi connectivity index (χ3n) is 5.43. The molecule has 0 fully saturated rings. The molecule has 2 heterocycles. The number of fused-ring (bicyclic) bond motifs is 2. The Bertz CT molecular complexity index is 1410. The zero-order valence-corrected chi connectivity index (χ0v) is 18.3. The van der Waals surface area contributed by atoms with Crippen LogP contribution in [0.5, 0.6) is 5.75 Å². The Hall–Kier alpha value is -3.18. The van der Waals surface area contributed by atoms with Crippen molar-refractivity contribution in [2.24, 2.45) is 0 Å². The maximum atomic E-state index is 11.0. The maximum Gasteiger partial charge on any atom is 0.146 e. The Balaban J connectivity index is 1.70. The van der Waals surface area contributed by atoms with Crippen molar-refractivity contribution in [1.29, 1.82) is 0 Å². The van der Waals surface area contributed by atoms with Gasteiger partial charge >= 0.3 is 0 Å². The van der Waals surface area contributed by atoms with E-state index in [4.69, 9.17) is 10.2 Å². The number of phenols is 1. The van der Waals surface area contributed by atoms with Gasteiger partial charge in [-0.2, -0.15) is 0 Å². The first kappa shape index (κ1) is 18.8. The van der Waals surface area contributed by atoms with Gasteiger partial charge in [-0.1, -0.05) is 45.0 Å². The van der Waals surface area contributed by atoms with Gasteiger partial charge < -0.3 is 5.11 Å². The summed E-state index contributed by atoms with van der Waals surface area (Å²) in [5, 5.41) is 23.8. The van der Waals surface area contributed by atoms with E-state index < -0.39 is 0 Å². The van der Waals surface area contributed by atoms with Crippen molar-refractivity contribution in [2.45, 2.75) is 33.1 Å². The normalized spacial score (nSPS) is 12.1. The molecule has 0 atom stereocenters. The number of aromatic nitrogens is 3. The van der Waals surface area contributed by atoms with Crippen LogP contribution in [0, 0.1) is 6.92 Å². The molecule has 0 amide bonds. The molecule has 5 rings (SSSR count). The smallest absolute Gasteiger partial charge is 0.146 e. The largest absolute Gasteiger partial charge is 0.505 e. The Kier molecular flexibility index (Phi) is 4.19. The molecular formula is C25H23N3OS. The van der Waals surface area contributed by atoms with Crippen LogP contribution in [0.4, 0.5) is 0 Å². The minimum Gasteiger partial charge on any atom is -0.505 e. The van der Waals surface area contributed by atoms with Gasteiger partial charge in [0.2, 0.25) is 0 Å². The van der Waals surface area contributed by atoms with Gasteiger partial charge in [-0.3, -0.25) is 0 Å². The van der Waals surface area contributed by atoms with Crippen LogP contribution < -0.4 is 0 Å². The third-order valence-corrected chi connectivity index (χ3v) is 6.33. The van der Waals surface area contributed by atoms with Crippen molar-refractivity contribution < 1.29 is 5.11 Å². The Morgan fingerprint density at radius 2 is 1.80 bits per heavy atom. The second kappa shape index (κ2) is 6.67. The van der Waals surface area contributed by atoms with E-state index >= 15 is 0 Å². The standard InChI is InChI=1S/C25H23N3OS/c1-15-12-19(25(2,3)4)24(29)21(13-15)28-26-20-7-5-6-18(23(20)27-28)16-8-9-22-17(14-16)10-11-30-22/h5-14,29H,1-4H3. The van der Waals surface area contributed by atoms with Crippen molar-refractivity contribution in [1.82, 2.24) is 15.0 Å². The summed E-state index contributed by atoms with van der Waals surface area (Å²) in [6.45, 7) is 8.31. The summed E-state index contributed by atoms with van der Waals surface area (Å²) < 4.78 is 1.27. The highest BCUT2D eigenvalue weighted by Gasteiger charge is 2.23. The number of benzene rings is 3. The third kappa shape index (κ3) is 3.06. The minimum absolute atomic E-state index is 0.182. The van der Waals surface area contributed by atoms with Crippen LogP contribution in [0.2, 0.25) is 0 Å². The number of thiophene rings is 1. The molecule has 0 radical (unpaired) electrons. The number of aromatic hydroxyl groups is 1. The van der Waals surface area contributed by atoms with E-state index in [0.717, 1.165) is 33.3 Å². The van der Waals surface area contributed by atoms with Gasteiger partial charge in [0.05, 0.1) is 0 Å². The number of nitrogens with zero attached hydrogens (tertiary/aromatic N) is 3. The predicted molar refractivity (Wildman–Crippen MR) is 125 cm³/mol. The summed E-state index contributed by atoms with van der Waals surface area (Å²) in [6.07, 6.45) is 0. The number of rotatable bonds is 2. The van der Waals surface area contributed by atoms with Gasteiger partial charge in [-0.25, -0.2) is 0 Å². The Morgan fingerprint density at radius 1 is 0.967 bits per heavy atom. The summed E-state index contributed by atoms with van der Waals surface area (Å²) in [4.78, 5) is 1.56. The van der Waals surface area contributed by atoms with Crippen LogP contribution in [0.15, 0.2) is 60.0 Å². The molecule has 0 bridgehead atoms. The number of phenolic OH excluding ortho intramolecular Hbond substituents is 1. The number of hydrogen-bond acceptors (Lipinski definition) is 4. The van der Waals surface area contributed by atoms with E-state index in [1.54, 1.807) is 16.1 Å². The summed E-state index contributed by atoms with van der Waals surface area (Å²) in [6, 6.07) is 18.6. The molecule has 0 unspecified atom stereocenters. The lowest BCUT2D eigenvalue weighted by Crippen LogP contribution is -2.13. The van der Waals surface area contributed by atoms with E-state index in [-0.39, 0.29) is 11.2 Å². The molecule has 0 aliphatic carbocycles. The fraction of sp³-hybridized carbons (Fsp3) is 0.200. The second-order valence-corrected chi connectivity index (χ2v) is 9.71. The second-order valence-electron chi connectivity index (χ2n) is 8.77. The highest BCUT2D eigenvalue weighted by atomic mass is 32.1. The minimum atomic E-state index is -0.182. The maximum absolute atomic E-state index is 11.0. The van der Waals surface area contributed by atoms with E-state index in [1.807, 2.05) is 31.2 Å². The fourth-order valence-corrected chi connectivity index (χ4v) is 4.67. The molecule has 30 heavy (non-hydrogen) atoms. The van der Waals surface area contributed by atoms with Crippen LogP contribution in [-0.2, 0) is 5.41 Å². The van der Waals surface area contributed by atoms with Crippen LogP contribution in [0.25, 0.3) is 37.9 Å². The number of hydrogen-bond donors (Lipinski definition) is 1. The van der Waals surface area contributed by atoms with Crippen molar-refractivity contribution in [3.05, 3.63) is 71.1 Å². The van der Waals surface area contributed by atoms with Gasteiger partial charge in [0.15, 0.2) is 0 Å². The van der Waals surface area contributed by atoms with Gasteiger partial charge in [0, 0.05) is 15.8 Å². The van der Waals surface area contributed by atoms with Crippen molar-refractivity contribution in [3.8, 4) is 22.6 Å². The Labute approximate surface area is 179 Å². The molecule has 3 aromatic carbocycles. The molecule has 1 N–H and O–H groups in total. The van der Waals surface area contributed by atoms with E-state index in [2.05, 4.69) is 56.5 Å². The van der Waals surface area contributed by atoms with Crippen LogP contribution in [0.1, 0.15) is 31.9 Å². The van der Waals surface area contributed by atoms with Crippen LogP contribution >= 0.6 is 11.3 Å². The zero-order valence-electron chi connectivity index (χ0n) is 17.5. The van der Waals surface area contributed by atoms with E-state index in [9.17, 15) is 5.11 Å². The quantitative estimate of drug-likeness (QED) is 0.354. The monoisotopic (exact) mass is 413 g/mol. The van der Waals surface area contributed by atoms with Gasteiger partial charge in [-0.05, 0) is 64.6 Å². The topological polar surface area (TPSA) is 50.9 Å². The first-order chi connectivity index (χ1) is 14.3. The highest BCUT2D eigenvalue weighted by Crippen LogP contribution is 2.37. The molecule has 0 aliphatic rings. The van der Waals surface area contributed by atoms with Gasteiger partial charge in [0.25, 0.3) is 0 Å². The van der Waals surface area contributed by atoms with E-state index in [0.29, 0.717) is 5.69 Å². The highest BCUT2D eigenvalue weighted by molar-refractivity contribution is 7.17. The molecule has 5 heteroatoms. The van der Waals surface area contributed by atoms with Gasteiger partial charge in [-0.15, -0.1) is 26.3 Å². The summed E-state index contributed by atoms with van der Waals surface area (Å²) in [5.41, 5.74) is 6.16. The average molecular weight is 414 g/mol. The van der Waals surface area contributed by atoms with Crippen LogP contribution in [-0.4, -0.2) is 20.1 Å². The van der Waals surface area contributed by atoms with Gasteiger partial charge in [0.1, 0.15) is 22.5 Å². The predicted octanol–water partition coefficient (Wildman–Crippen LogP) is 6.61. The molecule has 5 aromatic rings. The summed E-state index contributed by atoms with van der Waals surface area (Å²) in [5.74, 6) is 0.231. The molecule has 4 nitrogen and oxygen atoms in total. The SMILES string of the molecule is Cc1cc(-n2nc3cccc(-c4ccc5sccc5c4)c3n2)c(O)c(C(C)(C)C)c1.